The first-order valence-corrected chi connectivity index (χ1v) is 9.22. The molecule has 0 aliphatic rings. The lowest BCUT2D eigenvalue weighted by Gasteiger charge is -2.14. The minimum atomic E-state index is -4.61. The van der Waals surface area contributed by atoms with Gasteiger partial charge in [0.2, 0.25) is 0 Å². The maximum atomic E-state index is 13.2. The highest BCUT2D eigenvalue weighted by Gasteiger charge is 2.34. The topological polar surface area (TPSA) is 59.8 Å². The highest BCUT2D eigenvalue weighted by molar-refractivity contribution is 6.39. The minimum Gasteiger partial charge on any atom is -0.321 e. The Morgan fingerprint density at radius 2 is 1.73 bits per heavy atom. The van der Waals surface area contributed by atoms with Crippen molar-refractivity contribution in [2.45, 2.75) is 13.1 Å². The second kappa shape index (κ2) is 7.46. The summed E-state index contributed by atoms with van der Waals surface area (Å²) < 4.78 is 41.2. The fraction of sp³-hybridized carbons (Fsp3) is 0.0952. The van der Waals surface area contributed by atoms with Gasteiger partial charge < -0.3 is 5.32 Å². The molecule has 2 heterocycles. The van der Waals surface area contributed by atoms with Gasteiger partial charge in [-0.25, -0.2) is 9.67 Å². The number of rotatable bonds is 3. The van der Waals surface area contributed by atoms with Crippen molar-refractivity contribution >= 4 is 34.2 Å². The summed E-state index contributed by atoms with van der Waals surface area (Å²) in [6.45, 7) is 1.72. The number of anilines is 1. The lowest BCUT2D eigenvalue weighted by Crippen LogP contribution is -2.17. The van der Waals surface area contributed by atoms with Crippen molar-refractivity contribution in [3.63, 3.8) is 0 Å². The van der Waals surface area contributed by atoms with E-state index in [1.54, 1.807) is 11.6 Å². The van der Waals surface area contributed by atoms with Crippen molar-refractivity contribution in [3.8, 4) is 5.69 Å². The molecular formula is C21H14ClF3N4O. The van der Waals surface area contributed by atoms with Crippen LogP contribution in [0.4, 0.5) is 18.9 Å². The third kappa shape index (κ3) is 3.50. The Morgan fingerprint density at radius 1 is 1.07 bits per heavy atom. The van der Waals surface area contributed by atoms with Crippen molar-refractivity contribution in [3.05, 3.63) is 82.6 Å². The number of carbonyl (C=O) groups is 1. The van der Waals surface area contributed by atoms with Crippen molar-refractivity contribution in [2.75, 3.05) is 5.32 Å². The first-order chi connectivity index (χ1) is 14.3. The van der Waals surface area contributed by atoms with E-state index >= 15 is 0 Å². The third-order valence-corrected chi connectivity index (χ3v) is 4.93. The average molecular weight is 431 g/mol. The van der Waals surface area contributed by atoms with Crippen LogP contribution in [0.5, 0.6) is 0 Å². The summed E-state index contributed by atoms with van der Waals surface area (Å²) >= 11 is 6.46. The van der Waals surface area contributed by atoms with Crippen molar-refractivity contribution in [1.29, 1.82) is 0 Å². The van der Waals surface area contributed by atoms with E-state index < -0.39 is 17.6 Å². The van der Waals surface area contributed by atoms with Gasteiger partial charge in [0, 0.05) is 6.20 Å². The Balaban J connectivity index is 1.76. The second-order valence-corrected chi connectivity index (χ2v) is 6.89. The van der Waals surface area contributed by atoms with Gasteiger partial charge in [-0.2, -0.15) is 18.3 Å². The molecule has 1 N–H and O–H groups in total. The van der Waals surface area contributed by atoms with E-state index in [1.165, 1.54) is 24.4 Å². The maximum absolute atomic E-state index is 13.2. The maximum Gasteiger partial charge on any atom is 0.418 e. The first-order valence-electron chi connectivity index (χ1n) is 8.84. The first kappa shape index (κ1) is 19.9. The number of nitrogens with one attached hydrogen (secondary N) is 1. The Morgan fingerprint density at radius 3 is 2.43 bits per heavy atom. The van der Waals surface area contributed by atoms with Gasteiger partial charge in [-0.1, -0.05) is 41.9 Å². The summed E-state index contributed by atoms with van der Waals surface area (Å²) in [5.41, 5.74) is 0.388. The fourth-order valence-electron chi connectivity index (χ4n) is 3.14. The van der Waals surface area contributed by atoms with Gasteiger partial charge in [0.05, 0.1) is 38.6 Å². The smallest absolute Gasteiger partial charge is 0.321 e. The molecule has 0 radical (unpaired) electrons. The number of alkyl halides is 3. The number of hydrogen-bond acceptors (Lipinski definition) is 3. The number of halogens is 4. The molecule has 152 valence electrons. The van der Waals surface area contributed by atoms with Crippen LogP contribution < -0.4 is 5.32 Å². The molecule has 1 amide bonds. The second-order valence-electron chi connectivity index (χ2n) is 6.51. The molecule has 2 aromatic heterocycles. The summed E-state index contributed by atoms with van der Waals surface area (Å²) in [6, 6.07) is 14.0. The monoisotopic (exact) mass is 430 g/mol. The Hall–Kier alpha value is -3.39. The summed E-state index contributed by atoms with van der Waals surface area (Å²) in [5.74, 6) is -0.794. The number of pyridine rings is 1. The van der Waals surface area contributed by atoms with Crippen molar-refractivity contribution < 1.29 is 18.0 Å². The van der Waals surface area contributed by atoms with Crippen LogP contribution in [-0.2, 0) is 6.18 Å². The molecule has 0 aliphatic carbocycles. The largest absolute Gasteiger partial charge is 0.418 e. The van der Waals surface area contributed by atoms with E-state index in [-0.39, 0.29) is 16.3 Å². The van der Waals surface area contributed by atoms with Gasteiger partial charge in [0.1, 0.15) is 0 Å². The van der Waals surface area contributed by atoms with Crippen molar-refractivity contribution in [2.24, 2.45) is 0 Å². The third-order valence-electron chi connectivity index (χ3n) is 4.53. The summed E-state index contributed by atoms with van der Waals surface area (Å²) in [7, 11) is 0. The number of aryl methyl sites for hydroxylation is 1. The zero-order chi connectivity index (χ0) is 21.5. The molecule has 0 unspecified atom stereocenters. The van der Waals surface area contributed by atoms with E-state index in [2.05, 4.69) is 15.4 Å². The zero-order valence-electron chi connectivity index (χ0n) is 15.5. The summed E-state index contributed by atoms with van der Waals surface area (Å²) in [4.78, 5) is 17.0. The number of amides is 1. The van der Waals surface area contributed by atoms with Crippen LogP contribution in [0.25, 0.3) is 16.7 Å². The van der Waals surface area contributed by atoms with E-state index in [9.17, 15) is 18.0 Å². The molecular weight excluding hydrogens is 417 g/mol. The summed E-state index contributed by atoms with van der Waals surface area (Å²) in [5, 5.41) is 7.25. The van der Waals surface area contributed by atoms with Crippen LogP contribution in [0.2, 0.25) is 5.02 Å². The zero-order valence-corrected chi connectivity index (χ0v) is 16.3. The molecule has 0 aliphatic heterocycles. The Bertz CT molecular complexity index is 1250. The number of hydrogen-bond donors (Lipinski definition) is 1. The van der Waals surface area contributed by atoms with Gasteiger partial charge in [0.15, 0.2) is 5.65 Å². The molecule has 4 rings (SSSR count). The molecule has 30 heavy (non-hydrogen) atoms. The van der Waals surface area contributed by atoms with Crippen LogP contribution in [0.3, 0.4) is 0 Å². The predicted molar refractivity (Wildman–Crippen MR) is 108 cm³/mol. The lowest BCUT2D eigenvalue weighted by molar-refractivity contribution is -0.136. The van der Waals surface area contributed by atoms with Crippen LogP contribution in [0.1, 0.15) is 21.6 Å². The molecule has 2 aromatic carbocycles. The van der Waals surface area contributed by atoms with Crippen molar-refractivity contribution in [1.82, 2.24) is 14.8 Å². The van der Waals surface area contributed by atoms with Gasteiger partial charge in [0.25, 0.3) is 5.91 Å². The average Bonchev–Trinajstić information content (AvgIpc) is 3.06. The van der Waals surface area contributed by atoms with Crippen LogP contribution >= 0.6 is 11.6 Å². The predicted octanol–water partition coefficient (Wildman–Crippen LogP) is 5.65. The number of fused-ring (bicyclic) bond motifs is 1. The van der Waals surface area contributed by atoms with E-state index in [0.29, 0.717) is 16.7 Å². The standard InChI is InChI=1S/C21H14ClF3N4O/c1-12-17-18(22)14(11-26-19(17)29(28-12)13-7-3-2-4-8-13)20(30)27-16-10-6-5-9-15(16)21(23,24)25/h2-11H,1H3,(H,27,30). The van der Waals surface area contributed by atoms with Gasteiger partial charge in [-0.3, -0.25) is 4.79 Å². The number of aromatic nitrogens is 3. The van der Waals surface area contributed by atoms with Gasteiger partial charge >= 0.3 is 6.18 Å². The van der Waals surface area contributed by atoms with E-state index in [0.717, 1.165) is 11.8 Å². The van der Waals surface area contributed by atoms with Gasteiger partial charge in [-0.05, 0) is 31.2 Å². The minimum absolute atomic E-state index is 0.0446. The molecule has 0 spiro atoms. The number of nitrogens with zero attached hydrogens (tertiary/aromatic N) is 3. The quantitative estimate of drug-likeness (QED) is 0.456. The van der Waals surface area contributed by atoms with Gasteiger partial charge in [-0.15, -0.1) is 0 Å². The van der Waals surface area contributed by atoms with Crippen LogP contribution in [0.15, 0.2) is 60.8 Å². The van der Waals surface area contributed by atoms with E-state index in [1.807, 2.05) is 30.3 Å². The number of benzene rings is 2. The highest BCUT2D eigenvalue weighted by Crippen LogP contribution is 2.35. The SMILES string of the molecule is Cc1nn(-c2ccccc2)c2ncc(C(=O)Nc3ccccc3C(F)(F)F)c(Cl)c12. The molecule has 4 aromatic rings. The molecule has 0 saturated heterocycles. The van der Waals surface area contributed by atoms with Crippen LogP contribution in [-0.4, -0.2) is 20.7 Å². The highest BCUT2D eigenvalue weighted by atomic mass is 35.5. The Kier molecular flexibility index (Phi) is 4.95. The molecule has 0 saturated carbocycles. The molecule has 0 bridgehead atoms. The summed E-state index contributed by atoms with van der Waals surface area (Å²) in [6.07, 6.45) is -3.37. The normalized spacial score (nSPS) is 11.6. The Labute approximate surface area is 174 Å². The molecule has 5 nitrogen and oxygen atoms in total. The molecule has 0 fully saturated rings. The van der Waals surface area contributed by atoms with E-state index in [4.69, 9.17) is 11.6 Å². The fourth-order valence-corrected chi connectivity index (χ4v) is 3.50. The van der Waals surface area contributed by atoms with Crippen LogP contribution in [0, 0.1) is 6.92 Å². The lowest BCUT2D eigenvalue weighted by atomic mass is 10.1. The molecule has 0 atom stereocenters. The number of carbonyl (C=O) groups excluding carboxylic acids is 1. The number of para-hydroxylation sites is 2. The molecule has 9 heteroatoms.